The highest BCUT2D eigenvalue weighted by Gasteiger charge is 2.07. The quantitative estimate of drug-likeness (QED) is 0.732. The van der Waals surface area contributed by atoms with Gasteiger partial charge in [0.15, 0.2) is 0 Å². The van der Waals surface area contributed by atoms with Crippen molar-refractivity contribution in [3.63, 3.8) is 0 Å². The summed E-state index contributed by atoms with van der Waals surface area (Å²) in [5, 5.41) is 3.79. The number of halogens is 1. The molecule has 116 valence electrons. The van der Waals surface area contributed by atoms with Crippen LogP contribution in [0.4, 0.5) is 5.69 Å². The highest BCUT2D eigenvalue weighted by atomic mass is 79.9. The fourth-order valence-corrected chi connectivity index (χ4v) is 2.65. The number of nitrogens with one attached hydrogen (secondary N) is 2. The molecular weight excluding hydrogens is 356 g/mol. The molecule has 0 saturated carbocycles. The molecule has 0 spiro atoms. The number of hydrogen-bond acceptors (Lipinski definition) is 2. The van der Waals surface area contributed by atoms with E-state index in [1.807, 2.05) is 54.6 Å². The average Bonchev–Trinajstić information content (AvgIpc) is 2.55. The molecule has 0 saturated heterocycles. The number of para-hydroxylation sites is 1. The molecule has 0 fully saturated rings. The molecule has 1 aromatic heterocycles. The summed E-state index contributed by atoms with van der Waals surface area (Å²) in [5.41, 5.74) is 2.03. The summed E-state index contributed by atoms with van der Waals surface area (Å²) in [7, 11) is 0. The van der Waals surface area contributed by atoms with Gasteiger partial charge < -0.3 is 10.3 Å². The van der Waals surface area contributed by atoms with E-state index in [4.69, 9.17) is 0 Å². The molecule has 1 heterocycles. The van der Waals surface area contributed by atoms with Crippen LogP contribution in [0.2, 0.25) is 0 Å². The van der Waals surface area contributed by atoms with Crippen LogP contribution in [0.15, 0.2) is 63.9 Å². The number of H-pyrrole nitrogens is 1. The number of aromatic amines is 1. The molecular formula is C18H15BrN2O2. The van der Waals surface area contributed by atoms with E-state index in [1.165, 1.54) is 0 Å². The summed E-state index contributed by atoms with van der Waals surface area (Å²) < 4.78 is 0.957. The average molecular weight is 371 g/mol. The van der Waals surface area contributed by atoms with E-state index >= 15 is 0 Å². The van der Waals surface area contributed by atoms with E-state index in [1.54, 1.807) is 0 Å². The Kier molecular flexibility index (Phi) is 4.57. The first-order valence-electron chi connectivity index (χ1n) is 7.28. The maximum Gasteiger partial charge on any atom is 0.251 e. The number of carbonyl (C=O) groups is 1. The van der Waals surface area contributed by atoms with E-state index in [0.717, 1.165) is 21.1 Å². The van der Waals surface area contributed by atoms with Gasteiger partial charge in [0.05, 0.1) is 0 Å². The lowest BCUT2D eigenvalue weighted by atomic mass is 10.1. The highest BCUT2D eigenvalue weighted by Crippen LogP contribution is 2.15. The van der Waals surface area contributed by atoms with E-state index in [-0.39, 0.29) is 17.9 Å². The number of aryl methyl sites for hydroxylation is 1. The Morgan fingerprint density at radius 3 is 2.61 bits per heavy atom. The van der Waals surface area contributed by atoms with Crippen LogP contribution in [-0.4, -0.2) is 10.9 Å². The monoisotopic (exact) mass is 370 g/mol. The number of pyridine rings is 1. The summed E-state index contributed by atoms with van der Waals surface area (Å²) in [6.45, 7) is 0. The molecule has 3 rings (SSSR count). The number of anilines is 1. The molecule has 0 unspecified atom stereocenters. The molecule has 0 atom stereocenters. The van der Waals surface area contributed by atoms with Gasteiger partial charge in [-0.3, -0.25) is 9.59 Å². The normalized spacial score (nSPS) is 10.7. The Bertz CT molecular complexity index is 901. The number of fused-ring (bicyclic) bond motifs is 1. The zero-order valence-electron chi connectivity index (χ0n) is 12.3. The second-order valence-electron chi connectivity index (χ2n) is 5.27. The molecule has 2 N–H and O–H groups in total. The maximum absolute atomic E-state index is 12.0. The van der Waals surface area contributed by atoms with Crippen molar-refractivity contribution in [1.82, 2.24) is 4.98 Å². The van der Waals surface area contributed by atoms with Crippen LogP contribution in [0.5, 0.6) is 0 Å². The summed E-state index contributed by atoms with van der Waals surface area (Å²) in [6, 6.07) is 16.8. The van der Waals surface area contributed by atoms with Crippen molar-refractivity contribution in [3.8, 4) is 0 Å². The lowest BCUT2D eigenvalue weighted by molar-refractivity contribution is -0.116. The molecule has 4 nitrogen and oxygen atoms in total. The van der Waals surface area contributed by atoms with Gasteiger partial charge in [0.2, 0.25) is 5.91 Å². The smallest absolute Gasteiger partial charge is 0.251 e. The molecule has 0 aliphatic carbocycles. The minimum absolute atomic E-state index is 0.111. The molecule has 5 heteroatoms. The Morgan fingerprint density at radius 2 is 1.83 bits per heavy atom. The molecule has 1 amide bonds. The van der Waals surface area contributed by atoms with Crippen molar-refractivity contribution in [2.75, 3.05) is 5.32 Å². The van der Waals surface area contributed by atoms with Gasteiger partial charge >= 0.3 is 0 Å². The summed E-state index contributed by atoms with van der Waals surface area (Å²) in [5.74, 6) is -0.111. The zero-order valence-corrected chi connectivity index (χ0v) is 13.9. The predicted molar refractivity (Wildman–Crippen MR) is 95.7 cm³/mol. The number of carbonyl (C=O) groups excluding carboxylic acids is 1. The number of rotatable bonds is 4. The Labute approximate surface area is 141 Å². The standard InChI is InChI=1S/C18H15BrN2O2/c19-14-6-8-15(9-7-14)20-17(22)10-5-13-11-12-3-1-2-4-16(12)21-18(13)23/h1-4,6-9,11H,5,10H2,(H,20,22)(H,21,23). The molecule has 3 aromatic rings. The molecule has 0 aliphatic heterocycles. The topological polar surface area (TPSA) is 62.0 Å². The second-order valence-corrected chi connectivity index (χ2v) is 6.18. The first-order valence-corrected chi connectivity index (χ1v) is 8.07. The fraction of sp³-hybridized carbons (Fsp3) is 0.111. The predicted octanol–water partition coefficient (Wildman–Crippen LogP) is 3.86. The summed E-state index contributed by atoms with van der Waals surface area (Å²) >= 11 is 3.35. The third-order valence-electron chi connectivity index (χ3n) is 3.58. The largest absolute Gasteiger partial charge is 0.326 e. The molecule has 2 aromatic carbocycles. The first-order chi connectivity index (χ1) is 11.1. The Balaban J connectivity index is 1.68. The van der Waals surface area contributed by atoms with Crippen LogP contribution in [-0.2, 0) is 11.2 Å². The van der Waals surface area contributed by atoms with Crippen molar-refractivity contribution in [2.24, 2.45) is 0 Å². The first kappa shape index (κ1) is 15.5. The summed E-state index contributed by atoms with van der Waals surface area (Å²) in [6.07, 6.45) is 0.667. The Hall–Kier alpha value is -2.40. The molecule has 0 radical (unpaired) electrons. The van der Waals surface area contributed by atoms with E-state index in [0.29, 0.717) is 12.0 Å². The van der Waals surface area contributed by atoms with Gasteiger partial charge in [-0.1, -0.05) is 34.1 Å². The lowest BCUT2D eigenvalue weighted by Gasteiger charge is -2.06. The van der Waals surface area contributed by atoms with Crippen LogP contribution >= 0.6 is 15.9 Å². The van der Waals surface area contributed by atoms with Crippen LogP contribution in [0, 0.1) is 0 Å². The van der Waals surface area contributed by atoms with Crippen molar-refractivity contribution >= 4 is 38.4 Å². The van der Waals surface area contributed by atoms with Gasteiger partial charge in [-0.25, -0.2) is 0 Å². The zero-order chi connectivity index (χ0) is 16.2. The van der Waals surface area contributed by atoms with E-state index in [9.17, 15) is 9.59 Å². The minimum atomic E-state index is -0.139. The molecule has 0 bridgehead atoms. The third kappa shape index (κ3) is 3.87. The number of benzene rings is 2. The lowest BCUT2D eigenvalue weighted by Crippen LogP contribution is -2.17. The third-order valence-corrected chi connectivity index (χ3v) is 4.11. The maximum atomic E-state index is 12.0. The fourth-order valence-electron chi connectivity index (χ4n) is 2.38. The van der Waals surface area contributed by atoms with Crippen LogP contribution in [0.1, 0.15) is 12.0 Å². The Morgan fingerprint density at radius 1 is 1.09 bits per heavy atom. The number of amides is 1. The van der Waals surface area contributed by atoms with E-state index < -0.39 is 0 Å². The van der Waals surface area contributed by atoms with Crippen LogP contribution < -0.4 is 10.9 Å². The van der Waals surface area contributed by atoms with Gasteiger partial charge in [-0.2, -0.15) is 0 Å². The van der Waals surface area contributed by atoms with Crippen molar-refractivity contribution in [3.05, 3.63) is 75.0 Å². The number of aromatic nitrogens is 1. The van der Waals surface area contributed by atoms with Gasteiger partial charge in [0, 0.05) is 27.7 Å². The number of hydrogen-bond donors (Lipinski definition) is 2. The van der Waals surface area contributed by atoms with E-state index in [2.05, 4.69) is 26.2 Å². The van der Waals surface area contributed by atoms with Gasteiger partial charge in [0.1, 0.15) is 0 Å². The van der Waals surface area contributed by atoms with Gasteiger partial charge in [0.25, 0.3) is 5.56 Å². The molecule has 23 heavy (non-hydrogen) atoms. The minimum Gasteiger partial charge on any atom is -0.326 e. The van der Waals surface area contributed by atoms with Gasteiger partial charge in [-0.05, 0) is 48.2 Å². The summed E-state index contributed by atoms with van der Waals surface area (Å²) in [4.78, 5) is 26.9. The SMILES string of the molecule is O=C(CCc1cc2ccccc2[nH]c1=O)Nc1ccc(Br)cc1. The van der Waals surface area contributed by atoms with Crippen molar-refractivity contribution < 1.29 is 4.79 Å². The molecule has 0 aliphatic rings. The highest BCUT2D eigenvalue weighted by molar-refractivity contribution is 9.10. The van der Waals surface area contributed by atoms with Crippen LogP contribution in [0.25, 0.3) is 10.9 Å². The van der Waals surface area contributed by atoms with Crippen LogP contribution in [0.3, 0.4) is 0 Å². The van der Waals surface area contributed by atoms with Crippen molar-refractivity contribution in [1.29, 1.82) is 0 Å². The second kappa shape index (κ2) is 6.79. The van der Waals surface area contributed by atoms with Gasteiger partial charge in [-0.15, -0.1) is 0 Å². The van der Waals surface area contributed by atoms with Crippen molar-refractivity contribution in [2.45, 2.75) is 12.8 Å².